The van der Waals surface area contributed by atoms with E-state index in [9.17, 15) is 0 Å². The van der Waals surface area contributed by atoms with Crippen LogP contribution in [0.25, 0.3) is 93.7 Å². The molecule has 0 saturated carbocycles. The minimum Gasteiger partial charge on any atom is -0.456 e. The number of amidine groups is 1. The fourth-order valence-electron chi connectivity index (χ4n) is 10.3. The molecule has 0 fully saturated rings. The number of hydrogen-bond acceptors (Lipinski definition) is 2. The van der Waals surface area contributed by atoms with Gasteiger partial charge in [-0.15, -0.1) is 0 Å². The summed E-state index contributed by atoms with van der Waals surface area (Å²) < 4.78 is 6.29. The summed E-state index contributed by atoms with van der Waals surface area (Å²) in [5, 5.41) is 18.4. The average Bonchev–Trinajstić information content (AvgIpc) is 3.84. The second-order valence-corrected chi connectivity index (χ2v) is 17.4. The van der Waals surface area contributed by atoms with E-state index >= 15 is 0 Å². The van der Waals surface area contributed by atoms with Crippen LogP contribution in [0.5, 0.6) is 0 Å². The summed E-state index contributed by atoms with van der Waals surface area (Å²) in [5.41, 5.74) is 15.2. The van der Waals surface area contributed by atoms with Crippen LogP contribution in [-0.2, 0) is 5.41 Å². The average molecular weight is 819 g/mol. The van der Waals surface area contributed by atoms with E-state index in [0.29, 0.717) is 5.71 Å². The molecule has 1 aromatic heterocycles. The Kier molecular flexibility index (Phi) is 8.67. The lowest BCUT2D eigenvalue weighted by Gasteiger charge is -2.22. The Bertz CT molecular complexity index is 3770. The van der Waals surface area contributed by atoms with Crippen molar-refractivity contribution in [2.75, 3.05) is 0 Å². The van der Waals surface area contributed by atoms with Crippen molar-refractivity contribution in [2.45, 2.75) is 19.3 Å². The molecular weight excluding hydrogens is 777 g/mol. The minimum atomic E-state index is -0.118. The van der Waals surface area contributed by atoms with Crippen LogP contribution in [0, 0.1) is 5.41 Å². The van der Waals surface area contributed by atoms with Gasteiger partial charge in [-0.25, -0.2) is 4.99 Å². The van der Waals surface area contributed by atoms with Gasteiger partial charge in [0.1, 0.15) is 11.2 Å². The number of rotatable bonds is 6. The van der Waals surface area contributed by atoms with E-state index in [4.69, 9.17) is 14.8 Å². The quantitative estimate of drug-likeness (QED) is 0.132. The number of benzene rings is 10. The minimum absolute atomic E-state index is 0.118. The van der Waals surface area contributed by atoms with Gasteiger partial charge in [0.25, 0.3) is 0 Å². The van der Waals surface area contributed by atoms with Crippen LogP contribution < -0.4 is 0 Å². The highest BCUT2D eigenvalue weighted by molar-refractivity contribution is 6.26. The van der Waals surface area contributed by atoms with Gasteiger partial charge in [-0.3, -0.25) is 5.41 Å². The monoisotopic (exact) mass is 818 g/mol. The molecule has 11 aromatic rings. The zero-order valence-electron chi connectivity index (χ0n) is 35.6. The summed E-state index contributed by atoms with van der Waals surface area (Å²) in [7, 11) is 0. The van der Waals surface area contributed by atoms with Crippen molar-refractivity contribution in [3.05, 3.63) is 234 Å². The van der Waals surface area contributed by atoms with E-state index in [1.165, 1.54) is 71.4 Å². The molecule has 0 spiro atoms. The number of allylic oxidation sites excluding steroid dienone is 1. The van der Waals surface area contributed by atoms with Crippen molar-refractivity contribution in [3.8, 4) is 33.4 Å². The van der Waals surface area contributed by atoms with Crippen molar-refractivity contribution in [1.82, 2.24) is 0 Å². The van der Waals surface area contributed by atoms with Crippen LogP contribution in [0.15, 0.2) is 216 Å². The molecule has 0 bridgehead atoms. The molecule has 0 unspecified atom stereocenters. The highest BCUT2D eigenvalue weighted by Crippen LogP contribution is 2.52. The molecule has 1 aliphatic carbocycles. The molecular formula is C61H42N2O. The first-order valence-electron chi connectivity index (χ1n) is 22.0. The zero-order chi connectivity index (χ0) is 42.9. The van der Waals surface area contributed by atoms with Crippen molar-refractivity contribution < 1.29 is 4.42 Å². The van der Waals surface area contributed by atoms with Crippen LogP contribution in [0.1, 0.15) is 41.7 Å². The lowest BCUT2D eigenvalue weighted by Crippen LogP contribution is -2.15. The number of furan rings is 1. The molecule has 1 heterocycles. The van der Waals surface area contributed by atoms with Gasteiger partial charge >= 0.3 is 0 Å². The molecule has 1 N–H and O–H groups in total. The zero-order valence-corrected chi connectivity index (χ0v) is 35.6. The van der Waals surface area contributed by atoms with Crippen molar-refractivity contribution in [3.63, 3.8) is 0 Å². The predicted molar refractivity (Wildman–Crippen MR) is 270 cm³/mol. The topological polar surface area (TPSA) is 49.4 Å². The molecule has 3 nitrogen and oxygen atoms in total. The fourth-order valence-corrected chi connectivity index (χ4v) is 10.3. The highest BCUT2D eigenvalue weighted by atomic mass is 16.3. The molecule has 0 atom stereocenters. The lowest BCUT2D eigenvalue weighted by molar-refractivity contribution is 0.661. The number of fused-ring (bicyclic) bond motifs is 10. The molecule has 1 aliphatic rings. The van der Waals surface area contributed by atoms with E-state index in [0.717, 1.165) is 44.0 Å². The van der Waals surface area contributed by atoms with Gasteiger partial charge in [-0.2, -0.15) is 0 Å². The number of aliphatic imine (C=N–C) groups is 1. The lowest BCUT2D eigenvalue weighted by atomic mass is 9.81. The van der Waals surface area contributed by atoms with Crippen LogP contribution in [0.2, 0.25) is 0 Å². The summed E-state index contributed by atoms with van der Waals surface area (Å²) >= 11 is 0. The second kappa shape index (κ2) is 14.8. The summed E-state index contributed by atoms with van der Waals surface area (Å²) in [6.45, 7) is 4.74. The summed E-state index contributed by atoms with van der Waals surface area (Å²) in [6.07, 6.45) is 4.19. The van der Waals surface area contributed by atoms with Gasteiger partial charge < -0.3 is 4.42 Å². The number of nitrogens with one attached hydrogen (secondary N) is 1. The van der Waals surface area contributed by atoms with Crippen LogP contribution >= 0.6 is 0 Å². The fraction of sp³-hybridized carbons (Fsp3) is 0.0492. The Morgan fingerprint density at radius 1 is 0.500 bits per heavy atom. The first kappa shape index (κ1) is 37.6. The van der Waals surface area contributed by atoms with Crippen LogP contribution in [-0.4, -0.2) is 11.5 Å². The van der Waals surface area contributed by atoms with Gasteiger partial charge in [-0.1, -0.05) is 202 Å². The second-order valence-electron chi connectivity index (χ2n) is 17.4. The first-order chi connectivity index (χ1) is 31.4. The largest absolute Gasteiger partial charge is 0.456 e. The molecule has 302 valence electrons. The third-order valence-electron chi connectivity index (χ3n) is 13.4. The summed E-state index contributed by atoms with van der Waals surface area (Å²) in [4.78, 5) is 5.00. The Labute approximate surface area is 371 Å². The van der Waals surface area contributed by atoms with E-state index in [1.807, 2.05) is 60.7 Å². The number of nitrogens with zero attached hydrogens (tertiary/aromatic N) is 1. The molecule has 12 rings (SSSR count). The maximum absolute atomic E-state index is 9.08. The Morgan fingerprint density at radius 2 is 1.11 bits per heavy atom. The molecule has 3 heteroatoms. The van der Waals surface area contributed by atoms with Crippen molar-refractivity contribution in [1.29, 1.82) is 5.41 Å². The smallest absolute Gasteiger partial charge is 0.152 e. The van der Waals surface area contributed by atoms with Crippen molar-refractivity contribution in [2.24, 2.45) is 4.99 Å². The number of para-hydroxylation sites is 1. The first-order valence-corrected chi connectivity index (χ1v) is 22.0. The SMILES string of the molecule is CC1(C)c2cc(-c3ccc(-c4ccc(/C=C/C(=NC(=N)c5ccccc5)c5cccc6oc7ccccc7c56)c5ccccc45)c4ccccc34)ccc2-c2c1ccc1ccccc21. The van der Waals surface area contributed by atoms with Gasteiger partial charge in [-0.05, 0) is 107 Å². The Hall–Kier alpha value is -8.14. The molecule has 0 amide bonds. The standard InChI is InChI=1S/C61H42N2O/c1-61(2)53-35-29-38-15-6-7-19-44(38)58(53)50-32-28-41(37-54(50)61)43-33-34-49(47-22-11-10-21-46(43)47)48-31-27-39(42-18-8-9-20-45(42)48)30-36-55(63-60(62)40-16-4-3-5-17-40)51-24-14-26-57-59(51)52-23-12-13-25-56(52)64-57/h3-37,62H,1-2H3/b36-30+,62-60?,63-55?. The molecule has 0 saturated heterocycles. The van der Waals surface area contributed by atoms with E-state index in [2.05, 4.69) is 166 Å². The normalized spacial score (nSPS) is 13.4. The Morgan fingerprint density at radius 3 is 1.91 bits per heavy atom. The molecule has 0 radical (unpaired) electrons. The van der Waals surface area contributed by atoms with Gasteiger partial charge in [0.2, 0.25) is 0 Å². The van der Waals surface area contributed by atoms with E-state index in [1.54, 1.807) is 0 Å². The van der Waals surface area contributed by atoms with E-state index < -0.39 is 0 Å². The van der Waals surface area contributed by atoms with Gasteiger partial charge in [0.05, 0.1) is 5.71 Å². The molecule has 0 aliphatic heterocycles. The highest BCUT2D eigenvalue weighted by Gasteiger charge is 2.36. The third kappa shape index (κ3) is 5.96. The maximum atomic E-state index is 9.08. The van der Waals surface area contributed by atoms with Gasteiger partial charge in [0.15, 0.2) is 5.84 Å². The van der Waals surface area contributed by atoms with Crippen LogP contribution in [0.4, 0.5) is 0 Å². The Balaban J connectivity index is 0.961. The third-order valence-corrected chi connectivity index (χ3v) is 13.4. The number of hydrogen-bond donors (Lipinski definition) is 1. The predicted octanol–water partition coefficient (Wildman–Crippen LogP) is 16.2. The van der Waals surface area contributed by atoms with Crippen molar-refractivity contribution >= 4 is 71.9 Å². The van der Waals surface area contributed by atoms with Crippen LogP contribution in [0.3, 0.4) is 0 Å². The van der Waals surface area contributed by atoms with Gasteiger partial charge in [0, 0.05) is 27.3 Å². The molecule has 10 aromatic carbocycles. The molecule has 64 heavy (non-hydrogen) atoms. The maximum Gasteiger partial charge on any atom is 0.152 e. The summed E-state index contributed by atoms with van der Waals surface area (Å²) in [5.74, 6) is 0.197. The summed E-state index contributed by atoms with van der Waals surface area (Å²) in [6, 6.07) is 71.0. The van der Waals surface area contributed by atoms with E-state index in [-0.39, 0.29) is 11.3 Å².